The highest BCUT2D eigenvalue weighted by atomic mass is 16.5. The average Bonchev–Trinajstić information content (AvgIpc) is 3.39. The SMILES string of the molecule is COc1ccccc1C1CC(C(=O)N(C)CCn2ccc3ccccc32)NN1. The number of likely N-dealkylation sites (N-methyl/N-ethyl adjacent to an activating group) is 1. The Kier molecular flexibility index (Phi) is 5.32. The average molecular weight is 378 g/mol. The lowest BCUT2D eigenvalue weighted by molar-refractivity contribution is -0.132. The maximum Gasteiger partial charge on any atom is 0.240 e. The highest BCUT2D eigenvalue weighted by Crippen LogP contribution is 2.30. The molecule has 2 atom stereocenters. The number of nitrogens with zero attached hydrogens (tertiary/aromatic N) is 2. The first-order valence-electron chi connectivity index (χ1n) is 9.60. The predicted octanol–water partition coefficient (Wildman–Crippen LogP) is 2.72. The van der Waals surface area contributed by atoms with Gasteiger partial charge in [0.2, 0.25) is 5.91 Å². The van der Waals surface area contributed by atoms with Crippen molar-refractivity contribution in [2.45, 2.75) is 25.0 Å². The Morgan fingerprint density at radius 3 is 2.79 bits per heavy atom. The second-order valence-electron chi connectivity index (χ2n) is 7.20. The van der Waals surface area contributed by atoms with E-state index in [9.17, 15) is 4.79 Å². The van der Waals surface area contributed by atoms with Gasteiger partial charge in [-0.3, -0.25) is 4.79 Å². The van der Waals surface area contributed by atoms with Crippen LogP contribution in [0.1, 0.15) is 18.0 Å². The van der Waals surface area contributed by atoms with Crippen LogP contribution in [0.5, 0.6) is 5.75 Å². The number of para-hydroxylation sites is 2. The minimum Gasteiger partial charge on any atom is -0.496 e. The number of amides is 1. The molecular formula is C22H26N4O2. The highest BCUT2D eigenvalue weighted by molar-refractivity contribution is 5.82. The Hall–Kier alpha value is -2.83. The molecule has 0 aliphatic carbocycles. The van der Waals surface area contributed by atoms with E-state index in [4.69, 9.17) is 4.74 Å². The monoisotopic (exact) mass is 378 g/mol. The number of aromatic nitrogens is 1. The molecule has 6 nitrogen and oxygen atoms in total. The molecule has 3 aromatic rings. The third kappa shape index (κ3) is 3.61. The van der Waals surface area contributed by atoms with Gasteiger partial charge in [0.05, 0.1) is 13.2 Å². The van der Waals surface area contributed by atoms with Crippen LogP contribution in [0.2, 0.25) is 0 Å². The van der Waals surface area contributed by atoms with Gasteiger partial charge in [0.25, 0.3) is 0 Å². The molecule has 6 heteroatoms. The second-order valence-corrected chi connectivity index (χ2v) is 7.20. The van der Waals surface area contributed by atoms with Gasteiger partial charge in [-0.15, -0.1) is 0 Å². The van der Waals surface area contributed by atoms with Crippen LogP contribution in [0.3, 0.4) is 0 Å². The molecule has 0 spiro atoms. The van der Waals surface area contributed by atoms with Crippen molar-refractivity contribution in [1.82, 2.24) is 20.3 Å². The summed E-state index contributed by atoms with van der Waals surface area (Å²) in [7, 11) is 3.54. The van der Waals surface area contributed by atoms with Crippen LogP contribution in [0, 0.1) is 0 Å². The van der Waals surface area contributed by atoms with Crippen molar-refractivity contribution in [3.8, 4) is 5.75 Å². The summed E-state index contributed by atoms with van der Waals surface area (Å²) in [5, 5.41) is 1.22. The van der Waals surface area contributed by atoms with Gasteiger partial charge in [-0.2, -0.15) is 0 Å². The third-order valence-corrected chi connectivity index (χ3v) is 5.45. The van der Waals surface area contributed by atoms with Crippen molar-refractivity contribution in [2.24, 2.45) is 0 Å². The van der Waals surface area contributed by atoms with Crippen molar-refractivity contribution in [2.75, 3.05) is 20.7 Å². The van der Waals surface area contributed by atoms with E-state index < -0.39 is 0 Å². The molecule has 1 fully saturated rings. The number of hydrogen-bond donors (Lipinski definition) is 2. The first-order valence-corrected chi connectivity index (χ1v) is 9.60. The quantitative estimate of drug-likeness (QED) is 0.693. The summed E-state index contributed by atoms with van der Waals surface area (Å²) in [6, 6.07) is 18.1. The first-order chi connectivity index (χ1) is 13.7. The van der Waals surface area contributed by atoms with Crippen molar-refractivity contribution in [1.29, 1.82) is 0 Å². The van der Waals surface area contributed by atoms with E-state index in [0.29, 0.717) is 13.0 Å². The minimum absolute atomic E-state index is 0.0480. The largest absolute Gasteiger partial charge is 0.496 e. The summed E-state index contributed by atoms with van der Waals surface area (Å²) in [6.07, 6.45) is 2.77. The minimum atomic E-state index is -0.249. The number of fused-ring (bicyclic) bond motifs is 1. The van der Waals surface area contributed by atoms with Crippen LogP contribution in [-0.4, -0.2) is 42.1 Å². The number of carbonyl (C=O) groups excluding carboxylic acids is 1. The van der Waals surface area contributed by atoms with E-state index in [0.717, 1.165) is 17.9 Å². The van der Waals surface area contributed by atoms with Crippen LogP contribution >= 0.6 is 0 Å². The molecule has 1 saturated heterocycles. The maximum absolute atomic E-state index is 12.9. The van der Waals surface area contributed by atoms with Gasteiger partial charge in [0, 0.05) is 37.4 Å². The number of hydrogen-bond acceptors (Lipinski definition) is 4. The molecular weight excluding hydrogens is 352 g/mol. The molecule has 0 saturated carbocycles. The molecule has 2 aromatic carbocycles. The summed E-state index contributed by atoms with van der Waals surface area (Å²) >= 11 is 0. The molecule has 2 N–H and O–H groups in total. The van der Waals surface area contributed by atoms with Gasteiger partial charge in [-0.1, -0.05) is 36.4 Å². The lowest BCUT2D eigenvalue weighted by atomic mass is 10.0. The van der Waals surface area contributed by atoms with Crippen molar-refractivity contribution in [3.63, 3.8) is 0 Å². The van der Waals surface area contributed by atoms with Gasteiger partial charge >= 0.3 is 0 Å². The lowest BCUT2D eigenvalue weighted by Crippen LogP contribution is -2.44. The van der Waals surface area contributed by atoms with Gasteiger partial charge < -0.3 is 14.2 Å². The van der Waals surface area contributed by atoms with E-state index in [2.05, 4.69) is 39.8 Å². The van der Waals surface area contributed by atoms with Crippen molar-refractivity contribution >= 4 is 16.8 Å². The first kappa shape index (κ1) is 18.5. The molecule has 0 radical (unpaired) electrons. The molecule has 2 unspecified atom stereocenters. The number of rotatable bonds is 6. The number of carbonyl (C=O) groups is 1. The molecule has 28 heavy (non-hydrogen) atoms. The normalized spacial score (nSPS) is 19.1. The Bertz CT molecular complexity index is 968. The zero-order valence-corrected chi connectivity index (χ0v) is 16.3. The molecule has 1 amide bonds. The number of nitrogens with one attached hydrogen (secondary N) is 2. The van der Waals surface area contributed by atoms with E-state index in [1.54, 1.807) is 12.0 Å². The Balaban J connectivity index is 1.36. The number of benzene rings is 2. The zero-order chi connectivity index (χ0) is 19.5. The molecule has 1 aliphatic rings. The molecule has 4 rings (SSSR count). The molecule has 1 aromatic heterocycles. The maximum atomic E-state index is 12.9. The smallest absolute Gasteiger partial charge is 0.240 e. The Morgan fingerprint density at radius 2 is 1.93 bits per heavy atom. The van der Waals surface area contributed by atoms with Crippen LogP contribution in [0.25, 0.3) is 10.9 Å². The molecule has 146 valence electrons. The van der Waals surface area contributed by atoms with Crippen LogP contribution in [0.15, 0.2) is 60.8 Å². The number of ether oxygens (including phenoxy) is 1. The molecule has 0 bridgehead atoms. The van der Waals surface area contributed by atoms with Gasteiger partial charge in [0.1, 0.15) is 11.8 Å². The lowest BCUT2D eigenvalue weighted by Gasteiger charge is -2.21. The summed E-state index contributed by atoms with van der Waals surface area (Å²) in [5.74, 6) is 0.934. The molecule has 2 heterocycles. The fourth-order valence-electron chi connectivity index (χ4n) is 3.85. The van der Waals surface area contributed by atoms with E-state index in [1.807, 2.05) is 43.4 Å². The van der Waals surface area contributed by atoms with Crippen LogP contribution in [0.4, 0.5) is 0 Å². The van der Waals surface area contributed by atoms with Crippen molar-refractivity contribution < 1.29 is 9.53 Å². The van der Waals surface area contributed by atoms with Crippen LogP contribution in [-0.2, 0) is 11.3 Å². The summed E-state index contributed by atoms with van der Waals surface area (Å²) < 4.78 is 7.64. The number of methoxy groups -OCH3 is 1. The van der Waals surface area contributed by atoms with Crippen LogP contribution < -0.4 is 15.6 Å². The fraction of sp³-hybridized carbons (Fsp3) is 0.318. The Labute approximate surface area is 165 Å². The summed E-state index contributed by atoms with van der Waals surface area (Å²) in [5.41, 5.74) is 8.66. The van der Waals surface area contributed by atoms with E-state index in [1.165, 1.54) is 10.9 Å². The second kappa shape index (κ2) is 8.04. The fourth-order valence-corrected chi connectivity index (χ4v) is 3.85. The van der Waals surface area contributed by atoms with E-state index >= 15 is 0 Å². The third-order valence-electron chi connectivity index (χ3n) is 5.45. The summed E-state index contributed by atoms with van der Waals surface area (Å²) in [6.45, 7) is 1.43. The topological polar surface area (TPSA) is 58.5 Å². The van der Waals surface area contributed by atoms with E-state index in [-0.39, 0.29) is 18.0 Å². The Morgan fingerprint density at radius 1 is 1.14 bits per heavy atom. The predicted molar refractivity (Wildman–Crippen MR) is 110 cm³/mol. The standard InChI is InChI=1S/C22H26N4O2/c1-25(13-14-26-12-11-16-7-3-5-9-20(16)26)22(27)19-15-18(23-24-19)17-8-4-6-10-21(17)28-2/h3-12,18-19,23-24H,13-15H2,1-2H3. The van der Waals surface area contributed by atoms with Gasteiger partial charge in [-0.25, -0.2) is 10.9 Å². The highest BCUT2D eigenvalue weighted by Gasteiger charge is 2.32. The van der Waals surface area contributed by atoms with Gasteiger partial charge in [-0.05, 0) is 30.0 Å². The summed E-state index contributed by atoms with van der Waals surface area (Å²) in [4.78, 5) is 14.7. The van der Waals surface area contributed by atoms with Gasteiger partial charge in [0.15, 0.2) is 0 Å². The number of hydrazine groups is 1. The zero-order valence-electron chi connectivity index (χ0n) is 16.3. The van der Waals surface area contributed by atoms with Crippen molar-refractivity contribution in [3.05, 3.63) is 66.4 Å². The molecule has 1 aliphatic heterocycles.